The van der Waals surface area contributed by atoms with Gasteiger partial charge in [0.2, 0.25) is 0 Å². The lowest BCUT2D eigenvalue weighted by molar-refractivity contribution is 0.0253. The van der Waals surface area contributed by atoms with E-state index < -0.39 is 0 Å². The van der Waals surface area contributed by atoms with Crippen LogP contribution >= 0.6 is 11.6 Å². The summed E-state index contributed by atoms with van der Waals surface area (Å²) in [5, 5.41) is 4.00. The van der Waals surface area contributed by atoms with E-state index in [9.17, 15) is 0 Å². The molecule has 0 aromatic carbocycles. The smallest absolute Gasteiger partial charge is 0.0736 e. The Morgan fingerprint density at radius 1 is 1.60 bits per heavy atom. The highest BCUT2D eigenvalue weighted by atomic mass is 35.5. The first-order chi connectivity index (χ1) is 7.36. The van der Waals surface area contributed by atoms with Gasteiger partial charge in [-0.25, -0.2) is 0 Å². The van der Waals surface area contributed by atoms with Crippen LogP contribution in [0.1, 0.15) is 18.4 Å². The normalized spacial score (nSPS) is 21.5. The van der Waals surface area contributed by atoms with E-state index in [2.05, 4.69) is 10.3 Å². The summed E-state index contributed by atoms with van der Waals surface area (Å²) in [6.45, 7) is 2.63. The number of pyridine rings is 1. The van der Waals surface area contributed by atoms with Gasteiger partial charge in [-0.2, -0.15) is 0 Å². The third kappa shape index (κ3) is 3.16. The zero-order valence-electron chi connectivity index (χ0n) is 8.58. The van der Waals surface area contributed by atoms with E-state index in [4.69, 9.17) is 16.3 Å². The molecule has 4 heteroatoms. The standard InChI is InChI=1S/C11H15ClN2O/c12-11-7-14-5-3-9(11)8-15-10-2-1-4-13-6-10/h3,5,7,10,13H,1-2,4,6,8H2. The van der Waals surface area contributed by atoms with Crippen molar-refractivity contribution >= 4 is 11.6 Å². The van der Waals surface area contributed by atoms with Crippen LogP contribution in [-0.2, 0) is 11.3 Å². The van der Waals surface area contributed by atoms with Crippen molar-refractivity contribution in [3.63, 3.8) is 0 Å². The van der Waals surface area contributed by atoms with E-state index in [1.54, 1.807) is 12.4 Å². The average Bonchev–Trinajstić information content (AvgIpc) is 2.29. The molecule has 1 saturated heterocycles. The van der Waals surface area contributed by atoms with Crippen molar-refractivity contribution < 1.29 is 4.74 Å². The number of piperidine rings is 1. The number of halogens is 1. The molecule has 82 valence electrons. The second kappa shape index (κ2) is 5.45. The summed E-state index contributed by atoms with van der Waals surface area (Å²) >= 11 is 5.98. The molecule has 1 aliphatic heterocycles. The summed E-state index contributed by atoms with van der Waals surface area (Å²) in [7, 11) is 0. The molecule has 0 radical (unpaired) electrons. The van der Waals surface area contributed by atoms with E-state index >= 15 is 0 Å². The SMILES string of the molecule is Clc1cnccc1COC1CCCNC1. The topological polar surface area (TPSA) is 34.1 Å². The van der Waals surface area contributed by atoms with Gasteiger partial charge in [0.15, 0.2) is 0 Å². The fraction of sp³-hybridized carbons (Fsp3) is 0.545. The van der Waals surface area contributed by atoms with Crippen molar-refractivity contribution in [2.24, 2.45) is 0 Å². The molecule has 0 bridgehead atoms. The van der Waals surface area contributed by atoms with Crippen LogP contribution in [0, 0.1) is 0 Å². The Morgan fingerprint density at radius 2 is 2.53 bits per heavy atom. The van der Waals surface area contributed by atoms with Gasteiger partial charge >= 0.3 is 0 Å². The van der Waals surface area contributed by atoms with Crippen molar-refractivity contribution in [2.45, 2.75) is 25.6 Å². The Bertz CT molecular complexity index is 313. The Kier molecular flexibility index (Phi) is 3.94. The zero-order chi connectivity index (χ0) is 10.5. The summed E-state index contributed by atoms with van der Waals surface area (Å²) in [5.41, 5.74) is 1.01. The largest absolute Gasteiger partial charge is 0.372 e. The predicted octanol–water partition coefficient (Wildman–Crippen LogP) is 2.00. The first-order valence-electron chi connectivity index (χ1n) is 5.27. The van der Waals surface area contributed by atoms with Gasteiger partial charge in [-0.05, 0) is 31.0 Å². The third-order valence-electron chi connectivity index (χ3n) is 2.58. The first-order valence-corrected chi connectivity index (χ1v) is 5.65. The second-order valence-corrected chi connectivity index (χ2v) is 4.15. The monoisotopic (exact) mass is 226 g/mol. The molecule has 0 amide bonds. The molecular formula is C11H15ClN2O. The van der Waals surface area contributed by atoms with E-state index in [1.165, 1.54) is 6.42 Å². The Morgan fingerprint density at radius 3 is 3.27 bits per heavy atom. The van der Waals surface area contributed by atoms with Gasteiger partial charge in [0, 0.05) is 18.9 Å². The van der Waals surface area contributed by atoms with Crippen LogP contribution in [-0.4, -0.2) is 24.2 Å². The maximum Gasteiger partial charge on any atom is 0.0736 e. The molecule has 1 aromatic heterocycles. The van der Waals surface area contributed by atoms with Gasteiger partial charge in [0.1, 0.15) is 0 Å². The molecule has 0 spiro atoms. The molecule has 0 saturated carbocycles. The molecular weight excluding hydrogens is 212 g/mol. The highest BCUT2D eigenvalue weighted by Gasteiger charge is 2.13. The number of hydrogen-bond donors (Lipinski definition) is 1. The lowest BCUT2D eigenvalue weighted by Gasteiger charge is -2.23. The molecule has 1 N–H and O–H groups in total. The average molecular weight is 227 g/mol. The second-order valence-electron chi connectivity index (χ2n) is 3.75. The van der Waals surface area contributed by atoms with Crippen LogP contribution < -0.4 is 5.32 Å². The van der Waals surface area contributed by atoms with Crippen LogP contribution in [0.5, 0.6) is 0 Å². The molecule has 15 heavy (non-hydrogen) atoms. The minimum atomic E-state index is 0.322. The number of aromatic nitrogens is 1. The molecule has 1 aliphatic rings. The van der Waals surface area contributed by atoms with E-state index in [0.29, 0.717) is 17.7 Å². The Balaban J connectivity index is 1.84. The Hall–Kier alpha value is -0.640. The maximum absolute atomic E-state index is 5.98. The highest BCUT2D eigenvalue weighted by Crippen LogP contribution is 2.16. The predicted molar refractivity (Wildman–Crippen MR) is 59.9 cm³/mol. The fourth-order valence-corrected chi connectivity index (χ4v) is 1.86. The minimum Gasteiger partial charge on any atom is -0.372 e. The summed E-state index contributed by atoms with van der Waals surface area (Å²) in [4.78, 5) is 3.94. The zero-order valence-corrected chi connectivity index (χ0v) is 9.33. The van der Waals surface area contributed by atoms with Gasteiger partial charge < -0.3 is 10.1 Å². The molecule has 2 heterocycles. The van der Waals surface area contributed by atoms with Crippen molar-refractivity contribution in [3.8, 4) is 0 Å². The van der Waals surface area contributed by atoms with Gasteiger partial charge in [0.25, 0.3) is 0 Å². The van der Waals surface area contributed by atoms with E-state index in [1.807, 2.05) is 6.07 Å². The van der Waals surface area contributed by atoms with Crippen molar-refractivity contribution in [2.75, 3.05) is 13.1 Å². The molecule has 0 aliphatic carbocycles. The van der Waals surface area contributed by atoms with Crippen molar-refractivity contribution in [1.29, 1.82) is 0 Å². The van der Waals surface area contributed by atoms with Gasteiger partial charge in [-0.1, -0.05) is 11.6 Å². The summed E-state index contributed by atoms with van der Waals surface area (Å²) in [6, 6.07) is 1.90. The molecule has 1 fully saturated rings. The van der Waals surface area contributed by atoms with Crippen LogP contribution in [0.25, 0.3) is 0 Å². The molecule has 1 aromatic rings. The van der Waals surface area contributed by atoms with Gasteiger partial charge in [-0.3, -0.25) is 4.98 Å². The minimum absolute atomic E-state index is 0.322. The first kappa shape index (κ1) is 10.9. The molecule has 3 nitrogen and oxygen atoms in total. The number of rotatable bonds is 3. The van der Waals surface area contributed by atoms with Crippen LogP contribution in [0.4, 0.5) is 0 Å². The third-order valence-corrected chi connectivity index (χ3v) is 2.92. The number of nitrogens with one attached hydrogen (secondary N) is 1. The summed E-state index contributed by atoms with van der Waals surface area (Å²) in [5.74, 6) is 0. The van der Waals surface area contributed by atoms with Gasteiger partial charge in [-0.15, -0.1) is 0 Å². The van der Waals surface area contributed by atoms with Crippen molar-refractivity contribution in [3.05, 3.63) is 29.0 Å². The lowest BCUT2D eigenvalue weighted by atomic mass is 10.1. The van der Waals surface area contributed by atoms with Crippen molar-refractivity contribution in [1.82, 2.24) is 10.3 Å². The number of ether oxygens (including phenoxy) is 1. The molecule has 2 rings (SSSR count). The van der Waals surface area contributed by atoms with Crippen LogP contribution in [0.3, 0.4) is 0 Å². The fourth-order valence-electron chi connectivity index (χ4n) is 1.69. The summed E-state index contributed by atoms with van der Waals surface area (Å²) < 4.78 is 5.78. The summed E-state index contributed by atoms with van der Waals surface area (Å²) in [6.07, 6.45) is 6.04. The lowest BCUT2D eigenvalue weighted by Crippen LogP contribution is -2.35. The highest BCUT2D eigenvalue weighted by molar-refractivity contribution is 6.31. The molecule has 1 unspecified atom stereocenters. The van der Waals surface area contributed by atoms with E-state index in [-0.39, 0.29) is 0 Å². The van der Waals surface area contributed by atoms with Crippen LogP contribution in [0.15, 0.2) is 18.5 Å². The molecule has 1 atom stereocenters. The maximum atomic E-state index is 5.98. The van der Waals surface area contributed by atoms with E-state index in [0.717, 1.165) is 25.1 Å². The quantitative estimate of drug-likeness (QED) is 0.856. The number of hydrogen-bond acceptors (Lipinski definition) is 3. The van der Waals surface area contributed by atoms with Crippen LogP contribution in [0.2, 0.25) is 5.02 Å². The van der Waals surface area contributed by atoms with Gasteiger partial charge in [0.05, 0.1) is 17.7 Å². The Labute approximate surface area is 94.8 Å². The number of nitrogens with zero attached hydrogens (tertiary/aromatic N) is 1.